The fourth-order valence-electron chi connectivity index (χ4n) is 1.41. The Hall–Kier alpha value is -0.720. The number of halogens is 1. The SMILES string of the molecule is Br.C=CC(c1ccccc1)C(N)C(O)(O)O. The van der Waals surface area contributed by atoms with Crippen LogP contribution < -0.4 is 5.73 Å². The summed E-state index contributed by atoms with van der Waals surface area (Å²) in [5, 5.41) is 27.0. The van der Waals surface area contributed by atoms with Crippen LogP contribution in [0.4, 0.5) is 0 Å². The van der Waals surface area contributed by atoms with Crippen LogP contribution in [0.2, 0.25) is 0 Å². The lowest BCUT2D eigenvalue weighted by molar-refractivity contribution is -0.324. The maximum atomic E-state index is 8.99. The molecule has 4 nitrogen and oxygen atoms in total. The molecule has 0 aliphatic rings. The highest BCUT2D eigenvalue weighted by atomic mass is 79.9. The Morgan fingerprint density at radius 1 is 1.19 bits per heavy atom. The highest BCUT2D eigenvalue weighted by Gasteiger charge is 2.34. The van der Waals surface area contributed by atoms with Gasteiger partial charge in [0.1, 0.15) is 0 Å². The van der Waals surface area contributed by atoms with Crippen molar-refractivity contribution < 1.29 is 15.3 Å². The third-order valence-corrected chi connectivity index (χ3v) is 2.27. The second kappa shape index (κ2) is 6.12. The molecule has 0 saturated carbocycles. The molecule has 1 aromatic rings. The zero-order valence-corrected chi connectivity index (χ0v) is 10.4. The van der Waals surface area contributed by atoms with E-state index in [1.54, 1.807) is 24.3 Å². The van der Waals surface area contributed by atoms with Crippen molar-refractivity contribution in [2.45, 2.75) is 17.9 Å². The van der Waals surface area contributed by atoms with E-state index in [-0.39, 0.29) is 17.0 Å². The average Bonchev–Trinajstić information content (AvgIpc) is 2.19. The molecule has 2 unspecified atom stereocenters. The van der Waals surface area contributed by atoms with E-state index in [9.17, 15) is 0 Å². The molecule has 0 spiro atoms. The monoisotopic (exact) mass is 289 g/mol. The van der Waals surface area contributed by atoms with E-state index < -0.39 is 17.9 Å². The Morgan fingerprint density at radius 3 is 2.06 bits per heavy atom. The minimum absolute atomic E-state index is 0. The largest absolute Gasteiger partial charge is 0.342 e. The van der Waals surface area contributed by atoms with Gasteiger partial charge in [-0.2, -0.15) is 0 Å². The summed E-state index contributed by atoms with van der Waals surface area (Å²) in [5.41, 5.74) is 6.28. The van der Waals surface area contributed by atoms with Gasteiger partial charge in [-0.15, -0.1) is 23.6 Å². The molecule has 0 heterocycles. The molecular weight excluding hydrogens is 274 g/mol. The van der Waals surface area contributed by atoms with E-state index in [2.05, 4.69) is 6.58 Å². The molecule has 0 saturated heterocycles. The molecule has 5 heteroatoms. The van der Waals surface area contributed by atoms with Gasteiger partial charge in [-0.25, -0.2) is 0 Å². The predicted molar refractivity (Wildman–Crippen MR) is 67.1 cm³/mol. The summed E-state index contributed by atoms with van der Waals surface area (Å²) in [5.74, 6) is -3.43. The Labute approximate surface area is 105 Å². The minimum Gasteiger partial charge on any atom is -0.342 e. The standard InChI is InChI=1S/C11H15NO3.BrH/c1-2-9(10(12)11(13,14)15)8-6-4-3-5-7-8;/h2-7,9-10,13-15H,1,12H2;1H. The van der Waals surface area contributed by atoms with Gasteiger partial charge in [-0.1, -0.05) is 36.4 Å². The highest BCUT2D eigenvalue weighted by molar-refractivity contribution is 8.93. The van der Waals surface area contributed by atoms with Crippen molar-refractivity contribution in [2.75, 3.05) is 0 Å². The van der Waals surface area contributed by atoms with Gasteiger partial charge in [0, 0.05) is 5.92 Å². The first-order valence-electron chi connectivity index (χ1n) is 4.57. The van der Waals surface area contributed by atoms with Crippen LogP contribution in [-0.2, 0) is 0 Å². The molecule has 16 heavy (non-hydrogen) atoms. The van der Waals surface area contributed by atoms with Crippen molar-refractivity contribution in [3.8, 4) is 0 Å². The van der Waals surface area contributed by atoms with E-state index in [1.165, 1.54) is 6.08 Å². The summed E-state index contributed by atoms with van der Waals surface area (Å²) in [6, 6.07) is 7.74. The van der Waals surface area contributed by atoms with E-state index in [0.29, 0.717) is 0 Å². The quantitative estimate of drug-likeness (QED) is 0.480. The Kier molecular flexibility index (Phi) is 5.85. The second-order valence-electron chi connectivity index (χ2n) is 3.39. The van der Waals surface area contributed by atoms with Crippen molar-refractivity contribution in [3.63, 3.8) is 0 Å². The van der Waals surface area contributed by atoms with Crippen molar-refractivity contribution in [1.82, 2.24) is 0 Å². The van der Waals surface area contributed by atoms with E-state index in [1.807, 2.05) is 6.07 Å². The molecule has 0 aliphatic carbocycles. The summed E-state index contributed by atoms with van der Waals surface area (Å²) in [6.45, 7) is 3.56. The average molecular weight is 290 g/mol. The molecule has 2 atom stereocenters. The third-order valence-electron chi connectivity index (χ3n) is 2.27. The molecule has 0 fully saturated rings. The van der Waals surface area contributed by atoms with Crippen molar-refractivity contribution in [1.29, 1.82) is 0 Å². The molecule has 90 valence electrons. The Balaban J connectivity index is 0.00000225. The van der Waals surface area contributed by atoms with E-state index >= 15 is 0 Å². The summed E-state index contributed by atoms with van der Waals surface area (Å²) in [6.07, 6.45) is 1.47. The molecule has 0 bridgehead atoms. The topological polar surface area (TPSA) is 86.7 Å². The fourth-order valence-corrected chi connectivity index (χ4v) is 1.41. The first-order chi connectivity index (χ1) is 6.96. The lowest BCUT2D eigenvalue weighted by Gasteiger charge is -2.28. The lowest BCUT2D eigenvalue weighted by Crippen LogP contribution is -2.51. The molecule has 0 amide bonds. The molecular formula is C11H16BrNO3. The molecule has 0 aromatic heterocycles. The maximum absolute atomic E-state index is 8.99. The second-order valence-corrected chi connectivity index (χ2v) is 3.39. The first kappa shape index (κ1) is 15.3. The summed E-state index contributed by atoms with van der Waals surface area (Å²) < 4.78 is 0. The van der Waals surface area contributed by atoms with Gasteiger partial charge >= 0.3 is 0 Å². The van der Waals surface area contributed by atoms with Gasteiger partial charge in [0.15, 0.2) is 0 Å². The maximum Gasteiger partial charge on any atom is 0.292 e. The zero-order valence-electron chi connectivity index (χ0n) is 8.65. The minimum atomic E-state index is -2.91. The van der Waals surface area contributed by atoms with Gasteiger partial charge in [-0.3, -0.25) is 0 Å². The number of rotatable bonds is 4. The summed E-state index contributed by atoms with van der Waals surface area (Å²) in [4.78, 5) is 0. The van der Waals surface area contributed by atoms with Crippen LogP contribution in [0, 0.1) is 0 Å². The number of benzene rings is 1. The van der Waals surface area contributed by atoms with Gasteiger partial charge < -0.3 is 21.1 Å². The number of nitrogens with two attached hydrogens (primary N) is 1. The molecule has 0 aliphatic heterocycles. The van der Waals surface area contributed by atoms with Crippen LogP contribution in [0.3, 0.4) is 0 Å². The third kappa shape index (κ3) is 3.70. The number of hydrogen-bond acceptors (Lipinski definition) is 4. The van der Waals surface area contributed by atoms with Crippen molar-refractivity contribution in [3.05, 3.63) is 48.6 Å². The van der Waals surface area contributed by atoms with Crippen LogP contribution in [0.1, 0.15) is 11.5 Å². The van der Waals surface area contributed by atoms with Crippen molar-refractivity contribution >= 4 is 17.0 Å². The summed E-state index contributed by atoms with van der Waals surface area (Å²) >= 11 is 0. The van der Waals surface area contributed by atoms with Crippen LogP contribution in [0.5, 0.6) is 0 Å². The van der Waals surface area contributed by atoms with Gasteiger partial charge in [-0.05, 0) is 5.56 Å². The Bertz CT molecular complexity index is 324. The predicted octanol–water partition coefficient (Wildman–Crippen LogP) is 0.492. The van der Waals surface area contributed by atoms with E-state index in [4.69, 9.17) is 21.1 Å². The normalized spacial score (nSPS) is 14.8. The fraction of sp³-hybridized carbons (Fsp3) is 0.273. The van der Waals surface area contributed by atoms with E-state index in [0.717, 1.165) is 5.56 Å². The smallest absolute Gasteiger partial charge is 0.292 e. The summed E-state index contributed by atoms with van der Waals surface area (Å²) in [7, 11) is 0. The van der Waals surface area contributed by atoms with Gasteiger partial charge in [0.25, 0.3) is 5.97 Å². The van der Waals surface area contributed by atoms with Crippen LogP contribution in [0.15, 0.2) is 43.0 Å². The van der Waals surface area contributed by atoms with Crippen molar-refractivity contribution in [2.24, 2.45) is 5.73 Å². The van der Waals surface area contributed by atoms with Crippen LogP contribution in [0.25, 0.3) is 0 Å². The van der Waals surface area contributed by atoms with Gasteiger partial charge in [0.05, 0.1) is 6.04 Å². The number of aliphatic hydroxyl groups is 3. The van der Waals surface area contributed by atoms with Crippen LogP contribution >= 0.6 is 17.0 Å². The van der Waals surface area contributed by atoms with Gasteiger partial charge in [0.2, 0.25) is 0 Å². The molecule has 0 radical (unpaired) electrons. The zero-order chi connectivity index (χ0) is 11.5. The van der Waals surface area contributed by atoms with Crippen LogP contribution in [-0.4, -0.2) is 27.3 Å². The lowest BCUT2D eigenvalue weighted by atomic mass is 9.91. The Morgan fingerprint density at radius 2 is 1.69 bits per heavy atom. The molecule has 1 aromatic carbocycles. The molecule has 1 rings (SSSR count). The first-order valence-corrected chi connectivity index (χ1v) is 4.57. The number of hydrogen-bond donors (Lipinski definition) is 4. The molecule has 5 N–H and O–H groups in total. The highest BCUT2D eigenvalue weighted by Crippen LogP contribution is 2.23.